The Kier molecular flexibility index (Phi) is 3.95. The van der Waals surface area contributed by atoms with E-state index in [9.17, 15) is 0 Å². The molecule has 0 radical (unpaired) electrons. The fraction of sp³-hybridized carbons (Fsp3) is 0.333. The van der Waals surface area contributed by atoms with Gasteiger partial charge in [-0.15, -0.1) is 0 Å². The Bertz CT molecular complexity index is 159. The first-order valence-electron chi connectivity index (χ1n) is 2.92. The van der Waals surface area contributed by atoms with Gasteiger partial charge >= 0.3 is 0 Å². The van der Waals surface area contributed by atoms with Gasteiger partial charge in [-0.05, 0) is 0 Å². The first kappa shape index (κ1) is 8.68. The molecular formula is C6H12N4. The van der Waals surface area contributed by atoms with Crippen LogP contribution in [0.2, 0.25) is 0 Å². The van der Waals surface area contributed by atoms with Crippen molar-refractivity contribution < 1.29 is 0 Å². The van der Waals surface area contributed by atoms with Crippen molar-refractivity contribution in [1.82, 2.24) is 0 Å². The van der Waals surface area contributed by atoms with Crippen LogP contribution in [-0.4, -0.2) is 11.7 Å². The van der Waals surface area contributed by atoms with Gasteiger partial charge in [-0.2, -0.15) is 0 Å². The Hall–Kier alpha value is -1.32. The van der Waals surface area contributed by atoms with Crippen LogP contribution in [0.3, 0.4) is 0 Å². The predicted molar refractivity (Wildman–Crippen MR) is 43.0 cm³/mol. The van der Waals surface area contributed by atoms with E-state index in [0.717, 1.165) is 0 Å². The van der Waals surface area contributed by atoms with Crippen molar-refractivity contribution in [3.63, 3.8) is 0 Å². The minimum absolute atomic E-state index is 0.127. The molecule has 0 aromatic carbocycles. The van der Waals surface area contributed by atoms with E-state index < -0.39 is 0 Å². The van der Waals surface area contributed by atoms with E-state index in [1.54, 1.807) is 0 Å². The molecule has 0 amide bonds. The first-order valence-corrected chi connectivity index (χ1v) is 2.92. The second-order valence-electron chi connectivity index (χ2n) is 1.83. The molecule has 0 aliphatic rings. The summed E-state index contributed by atoms with van der Waals surface area (Å²) in [4.78, 5) is 3.70. The average Bonchev–Trinajstić information content (AvgIpc) is 1.85. The molecule has 0 fully saturated rings. The van der Waals surface area contributed by atoms with E-state index in [1.165, 1.54) is 6.20 Å². The lowest BCUT2D eigenvalue weighted by atomic mass is 10.3. The predicted octanol–water partition coefficient (Wildman–Crippen LogP) is 0.203. The Balaban J connectivity index is 3.58. The van der Waals surface area contributed by atoms with Gasteiger partial charge in [0, 0.05) is 19.0 Å². The second-order valence-corrected chi connectivity index (χ2v) is 1.83. The standard InChI is InChI=1S/C6H12N4/c1-2-10-6(9)4-3-5(7)8/h2H,1,3-4H2,(H3,7,8)(H2,9,10). The molecule has 0 aromatic rings. The van der Waals surface area contributed by atoms with Crippen molar-refractivity contribution in [2.45, 2.75) is 12.8 Å². The lowest BCUT2D eigenvalue weighted by molar-refractivity contribution is 1.09. The van der Waals surface area contributed by atoms with Crippen LogP contribution in [-0.2, 0) is 0 Å². The molecule has 0 bridgehead atoms. The van der Waals surface area contributed by atoms with E-state index in [4.69, 9.17) is 16.9 Å². The van der Waals surface area contributed by atoms with Crippen molar-refractivity contribution in [3.05, 3.63) is 12.8 Å². The van der Waals surface area contributed by atoms with Crippen LogP contribution in [0.15, 0.2) is 17.8 Å². The molecule has 0 aliphatic heterocycles. The number of nitrogens with zero attached hydrogens (tertiary/aromatic N) is 1. The second kappa shape index (κ2) is 4.55. The number of amidine groups is 2. The molecule has 0 unspecified atom stereocenters. The monoisotopic (exact) mass is 140 g/mol. The highest BCUT2D eigenvalue weighted by molar-refractivity contribution is 5.86. The normalized spacial score (nSPS) is 11.0. The van der Waals surface area contributed by atoms with Crippen molar-refractivity contribution >= 4 is 11.7 Å². The zero-order valence-electron chi connectivity index (χ0n) is 5.80. The van der Waals surface area contributed by atoms with Crippen LogP contribution in [0.25, 0.3) is 0 Å². The molecule has 5 N–H and O–H groups in total. The minimum Gasteiger partial charge on any atom is -0.388 e. The molecule has 0 spiro atoms. The SMILES string of the molecule is C=CN=C(N)CCC(=N)N. The zero-order valence-corrected chi connectivity index (χ0v) is 5.80. The summed E-state index contributed by atoms with van der Waals surface area (Å²) in [6.45, 7) is 3.38. The minimum atomic E-state index is 0.127. The number of rotatable bonds is 4. The summed E-state index contributed by atoms with van der Waals surface area (Å²) in [7, 11) is 0. The highest BCUT2D eigenvalue weighted by atomic mass is 14.8. The zero-order chi connectivity index (χ0) is 7.98. The van der Waals surface area contributed by atoms with Crippen molar-refractivity contribution in [2.75, 3.05) is 0 Å². The molecule has 0 saturated heterocycles. The van der Waals surface area contributed by atoms with Gasteiger partial charge in [0.05, 0.1) is 11.7 Å². The van der Waals surface area contributed by atoms with Gasteiger partial charge < -0.3 is 11.5 Å². The maximum absolute atomic E-state index is 6.86. The van der Waals surface area contributed by atoms with Gasteiger partial charge in [-0.1, -0.05) is 6.58 Å². The third kappa shape index (κ3) is 4.83. The van der Waals surface area contributed by atoms with E-state index in [-0.39, 0.29) is 5.84 Å². The van der Waals surface area contributed by atoms with Gasteiger partial charge in [-0.25, -0.2) is 4.99 Å². The van der Waals surface area contributed by atoms with Crippen LogP contribution < -0.4 is 11.5 Å². The van der Waals surface area contributed by atoms with E-state index >= 15 is 0 Å². The molecule has 0 rings (SSSR count). The molecule has 0 aromatic heterocycles. The lowest BCUT2D eigenvalue weighted by Crippen LogP contribution is -2.16. The van der Waals surface area contributed by atoms with E-state index in [0.29, 0.717) is 18.7 Å². The molecule has 0 aliphatic carbocycles. The van der Waals surface area contributed by atoms with Crippen LogP contribution in [0.5, 0.6) is 0 Å². The van der Waals surface area contributed by atoms with Crippen molar-refractivity contribution in [1.29, 1.82) is 5.41 Å². The summed E-state index contributed by atoms with van der Waals surface area (Å²) in [5, 5.41) is 6.86. The summed E-state index contributed by atoms with van der Waals surface area (Å²) < 4.78 is 0. The largest absolute Gasteiger partial charge is 0.388 e. The Morgan fingerprint density at radius 2 is 2.10 bits per heavy atom. The molecule has 0 saturated carbocycles. The Labute approximate surface area is 60.1 Å². The Morgan fingerprint density at radius 3 is 2.50 bits per heavy atom. The third-order valence-electron chi connectivity index (χ3n) is 0.908. The average molecular weight is 140 g/mol. The first-order chi connectivity index (χ1) is 4.66. The highest BCUT2D eigenvalue weighted by Gasteiger charge is 1.92. The van der Waals surface area contributed by atoms with Gasteiger partial charge in [0.15, 0.2) is 0 Å². The number of hydrogen-bond donors (Lipinski definition) is 3. The fourth-order valence-electron chi connectivity index (χ4n) is 0.445. The summed E-state index contributed by atoms with van der Waals surface area (Å²) in [5.74, 6) is 0.590. The summed E-state index contributed by atoms with van der Waals surface area (Å²) in [6.07, 6.45) is 2.36. The van der Waals surface area contributed by atoms with Crippen molar-refractivity contribution in [2.24, 2.45) is 16.5 Å². The topological polar surface area (TPSA) is 88.2 Å². The molecule has 0 heterocycles. The third-order valence-corrected chi connectivity index (χ3v) is 0.908. The van der Waals surface area contributed by atoms with Gasteiger partial charge in [0.2, 0.25) is 0 Å². The summed E-state index contributed by atoms with van der Waals surface area (Å²) >= 11 is 0. The molecule has 4 heteroatoms. The summed E-state index contributed by atoms with van der Waals surface area (Å²) in [6, 6.07) is 0. The van der Waals surface area contributed by atoms with Gasteiger partial charge in [0.25, 0.3) is 0 Å². The van der Waals surface area contributed by atoms with Gasteiger partial charge in [-0.3, -0.25) is 5.41 Å². The number of nitrogens with one attached hydrogen (secondary N) is 1. The van der Waals surface area contributed by atoms with Gasteiger partial charge in [0.1, 0.15) is 0 Å². The van der Waals surface area contributed by atoms with Crippen LogP contribution in [0.1, 0.15) is 12.8 Å². The molecule has 56 valence electrons. The smallest absolute Gasteiger partial charge is 0.0993 e. The van der Waals surface area contributed by atoms with Crippen LogP contribution in [0, 0.1) is 5.41 Å². The highest BCUT2D eigenvalue weighted by Crippen LogP contribution is 1.87. The maximum atomic E-state index is 6.86. The molecule has 4 nitrogen and oxygen atoms in total. The molecule has 10 heavy (non-hydrogen) atoms. The number of nitrogens with two attached hydrogens (primary N) is 2. The molecule has 0 atom stereocenters. The van der Waals surface area contributed by atoms with Crippen LogP contribution >= 0.6 is 0 Å². The van der Waals surface area contributed by atoms with E-state index in [2.05, 4.69) is 11.6 Å². The maximum Gasteiger partial charge on any atom is 0.0993 e. The fourth-order valence-corrected chi connectivity index (χ4v) is 0.445. The van der Waals surface area contributed by atoms with E-state index in [1.807, 2.05) is 0 Å². The number of hydrogen-bond acceptors (Lipinski definition) is 2. The van der Waals surface area contributed by atoms with Crippen LogP contribution in [0.4, 0.5) is 0 Å². The number of aliphatic imine (C=N–C) groups is 1. The molecular weight excluding hydrogens is 128 g/mol. The van der Waals surface area contributed by atoms with Crippen molar-refractivity contribution in [3.8, 4) is 0 Å². The summed E-state index contributed by atoms with van der Waals surface area (Å²) in [5.41, 5.74) is 10.4. The lowest BCUT2D eigenvalue weighted by Gasteiger charge is -1.95. The Morgan fingerprint density at radius 1 is 1.50 bits per heavy atom. The quantitative estimate of drug-likeness (QED) is 0.385.